The van der Waals surface area contributed by atoms with Crippen LogP contribution in [0.15, 0.2) is 47.5 Å². The maximum atomic E-state index is 12.7. The van der Waals surface area contributed by atoms with Gasteiger partial charge < -0.3 is 24.4 Å². The van der Waals surface area contributed by atoms with E-state index in [1.54, 1.807) is 0 Å². The summed E-state index contributed by atoms with van der Waals surface area (Å²) in [6.07, 6.45) is 0. The van der Waals surface area contributed by atoms with Crippen LogP contribution in [-0.4, -0.2) is 56.2 Å². The zero-order chi connectivity index (χ0) is 21.9. The minimum atomic E-state index is -0.0563. The summed E-state index contributed by atoms with van der Waals surface area (Å²) in [6, 6.07) is 13.9. The lowest BCUT2D eigenvalue weighted by molar-refractivity contribution is -0.113. The molecule has 3 aromatic rings. The smallest absolute Gasteiger partial charge is 0.234 e. The van der Waals surface area contributed by atoms with E-state index >= 15 is 0 Å². The number of thioether (sulfide) groups is 1. The largest absolute Gasteiger partial charge is 0.486 e. The number of aryl methyl sites for hydroxylation is 1. The van der Waals surface area contributed by atoms with Gasteiger partial charge in [-0.25, -0.2) is 4.98 Å². The molecule has 0 atom stereocenters. The highest BCUT2D eigenvalue weighted by Crippen LogP contribution is 2.35. The molecule has 5 rings (SSSR count). The third kappa shape index (κ3) is 4.47. The minimum Gasteiger partial charge on any atom is -0.486 e. The standard InChI is InChI=1S/C24H25N3O4S/c1-16-12-17-13-21-22(31-11-10-30-21)14-19(17)26-24(16)32-15-23(28)25-18-4-2-3-5-20(18)27-6-8-29-9-7-27/h2-5,12-14H,6-11,15H2,1H3,(H,25,28). The number of pyridine rings is 1. The van der Waals surface area contributed by atoms with Crippen molar-refractivity contribution in [1.82, 2.24) is 4.98 Å². The van der Waals surface area contributed by atoms with E-state index in [1.807, 2.05) is 43.3 Å². The Kier molecular flexibility index (Phi) is 6.05. The summed E-state index contributed by atoms with van der Waals surface area (Å²) >= 11 is 1.44. The highest BCUT2D eigenvalue weighted by molar-refractivity contribution is 8.00. The zero-order valence-corrected chi connectivity index (χ0v) is 18.7. The Morgan fingerprint density at radius 1 is 1.06 bits per heavy atom. The molecule has 1 amide bonds. The molecule has 2 aliphatic rings. The number of carbonyl (C=O) groups is 1. The molecule has 0 unspecified atom stereocenters. The summed E-state index contributed by atoms with van der Waals surface area (Å²) in [5.41, 5.74) is 3.72. The molecule has 8 heteroatoms. The molecule has 32 heavy (non-hydrogen) atoms. The van der Waals surface area contributed by atoms with Gasteiger partial charge in [-0.3, -0.25) is 4.79 Å². The van der Waals surface area contributed by atoms with Crippen molar-refractivity contribution in [1.29, 1.82) is 0 Å². The van der Waals surface area contributed by atoms with Crippen LogP contribution in [0, 0.1) is 6.92 Å². The van der Waals surface area contributed by atoms with Crippen molar-refractivity contribution in [2.45, 2.75) is 11.9 Å². The molecule has 1 fully saturated rings. The first kappa shape index (κ1) is 20.9. The number of rotatable bonds is 5. The maximum Gasteiger partial charge on any atom is 0.234 e. The van der Waals surface area contributed by atoms with E-state index in [-0.39, 0.29) is 11.7 Å². The van der Waals surface area contributed by atoms with Gasteiger partial charge in [-0.1, -0.05) is 23.9 Å². The predicted octanol–water partition coefficient (Wildman–Crippen LogP) is 3.88. The Hall–Kier alpha value is -2.97. The Bertz CT molecular complexity index is 1150. The normalized spacial score (nSPS) is 15.6. The lowest BCUT2D eigenvalue weighted by Crippen LogP contribution is -2.36. The molecule has 0 saturated carbocycles. The van der Waals surface area contributed by atoms with Crippen molar-refractivity contribution in [3.8, 4) is 11.5 Å². The van der Waals surface area contributed by atoms with Gasteiger partial charge in [-0.2, -0.15) is 0 Å². The van der Waals surface area contributed by atoms with Crippen molar-refractivity contribution in [2.75, 3.05) is 55.5 Å². The molecule has 3 heterocycles. The van der Waals surface area contributed by atoms with Crippen molar-refractivity contribution in [3.63, 3.8) is 0 Å². The molecule has 1 saturated heterocycles. The predicted molar refractivity (Wildman–Crippen MR) is 126 cm³/mol. The Morgan fingerprint density at radius 2 is 1.81 bits per heavy atom. The molecule has 1 aromatic heterocycles. The van der Waals surface area contributed by atoms with E-state index in [9.17, 15) is 4.79 Å². The molecule has 0 aliphatic carbocycles. The summed E-state index contributed by atoms with van der Waals surface area (Å²) in [4.78, 5) is 19.8. The number of morpholine rings is 1. The highest BCUT2D eigenvalue weighted by Gasteiger charge is 2.17. The van der Waals surface area contributed by atoms with Crippen LogP contribution in [0.4, 0.5) is 11.4 Å². The first-order chi connectivity index (χ1) is 15.7. The average molecular weight is 452 g/mol. The van der Waals surface area contributed by atoms with Crippen LogP contribution in [0.3, 0.4) is 0 Å². The summed E-state index contributed by atoms with van der Waals surface area (Å²) in [5.74, 6) is 1.69. The van der Waals surface area contributed by atoms with E-state index in [2.05, 4.69) is 16.3 Å². The fraction of sp³-hybridized carbons (Fsp3) is 0.333. The second-order valence-corrected chi connectivity index (χ2v) is 8.72. The third-order valence-corrected chi connectivity index (χ3v) is 6.59. The number of carbonyl (C=O) groups excluding carboxylic acids is 1. The summed E-state index contributed by atoms with van der Waals surface area (Å²) in [5, 5.41) is 4.91. The topological polar surface area (TPSA) is 72.9 Å². The summed E-state index contributed by atoms with van der Waals surface area (Å²) < 4.78 is 16.8. The van der Waals surface area contributed by atoms with Crippen LogP contribution in [0.2, 0.25) is 0 Å². The van der Waals surface area contributed by atoms with Crippen LogP contribution in [0.5, 0.6) is 11.5 Å². The Morgan fingerprint density at radius 3 is 2.62 bits per heavy atom. The number of nitrogens with one attached hydrogen (secondary N) is 1. The lowest BCUT2D eigenvalue weighted by Gasteiger charge is -2.30. The van der Waals surface area contributed by atoms with Crippen LogP contribution in [-0.2, 0) is 9.53 Å². The molecule has 0 spiro atoms. The first-order valence-corrected chi connectivity index (χ1v) is 11.7. The van der Waals surface area contributed by atoms with Gasteiger partial charge in [0, 0.05) is 24.5 Å². The Balaban J connectivity index is 1.28. The number of anilines is 2. The molecule has 2 aliphatic heterocycles. The number of hydrogen-bond donors (Lipinski definition) is 1. The Labute approximate surface area is 191 Å². The maximum absolute atomic E-state index is 12.7. The van der Waals surface area contributed by atoms with E-state index in [1.165, 1.54) is 11.8 Å². The molecule has 166 valence electrons. The van der Waals surface area contributed by atoms with E-state index in [0.29, 0.717) is 32.2 Å². The quantitative estimate of drug-likeness (QED) is 0.590. The second-order valence-electron chi connectivity index (χ2n) is 7.75. The minimum absolute atomic E-state index is 0.0563. The zero-order valence-electron chi connectivity index (χ0n) is 17.9. The molecule has 2 aromatic carbocycles. The summed E-state index contributed by atoms with van der Waals surface area (Å²) in [7, 11) is 0. The monoisotopic (exact) mass is 451 g/mol. The fourth-order valence-electron chi connectivity index (χ4n) is 3.92. The molecule has 0 radical (unpaired) electrons. The number of benzene rings is 2. The summed E-state index contributed by atoms with van der Waals surface area (Å²) in [6.45, 7) is 6.15. The van der Waals surface area contributed by atoms with Gasteiger partial charge in [-0.05, 0) is 36.8 Å². The van der Waals surface area contributed by atoms with Gasteiger partial charge in [-0.15, -0.1) is 0 Å². The molecule has 1 N–H and O–H groups in total. The number of para-hydroxylation sites is 2. The van der Waals surface area contributed by atoms with Gasteiger partial charge in [0.05, 0.1) is 35.9 Å². The first-order valence-electron chi connectivity index (χ1n) is 10.7. The number of aromatic nitrogens is 1. The molecule has 7 nitrogen and oxygen atoms in total. The van der Waals surface area contributed by atoms with E-state index < -0.39 is 0 Å². The number of amides is 1. The van der Waals surface area contributed by atoms with Gasteiger partial charge in [0.15, 0.2) is 11.5 Å². The molecular weight excluding hydrogens is 426 g/mol. The van der Waals surface area contributed by atoms with Crippen molar-refractivity contribution < 1.29 is 19.0 Å². The number of ether oxygens (including phenoxy) is 3. The van der Waals surface area contributed by atoms with Gasteiger partial charge >= 0.3 is 0 Å². The van der Waals surface area contributed by atoms with Crippen LogP contribution in [0.25, 0.3) is 10.9 Å². The average Bonchev–Trinajstić information content (AvgIpc) is 2.82. The van der Waals surface area contributed by atoms with Gasteiger partial charge in [0.1, 0.15) is 18.2 Å². The van der Waals surface area contributed by atoms with E-state index in [0.717, 1.165) is 51.7 Å². The van der Waals surface area contributed by atoms with Crippen LogP contribution in [0.1, 0.15) is 5.56 Å². The highest BCUT2D eigenvalue weighted by atomic mass is 32.2. The molecule has 0 bridgehead atoms. The van der Waals surface area contributed by atoms with Crippen molar-refractivity contribution in [3.05, 3.63) is 48.0 Å². The fourth-order valence-corrected chi connectivity index (χ4v) is 4.71. The van der Waals surface area contributed by atoms with Gasteiger partial charge in [0.2, 0.25) is 5.91 Å². The van der Waals surface area contributed by atoms with E-state index in [4.69, 9.17) is 19.2 Å². The van der Waals surface area contributed by atoms with Gasteiger partial charge in [0.25, 0.3) is 0 Å². The number of hydrogen-bond acceptors (Lipinski definition) is 7. The lowest BCUT2D eigenvalue weighted by atomic mass is 10.1. The SMILES string of the molecule is Cc1cc2cc3c(cc2nc1SCC(=O)Nc1ccccc1N1CCOCC1)OCCO3. The number of fused-ring (bicyclic) bond motifs is 2. The molecular formula is C24H25N3O4S. The number of nitrogens with zero attached hydrogens (tertiary/aromatic N) is 2. The van der Waals surface area contributed by atoms with Crippen molar-refractivity contribution >= 4 is 39.9 Å². The third-order valence-electron chi connectivity index (χ3n) is 5.49. The second kappa shape index (κ2) is 9.26. The van der Waals surface area contributed by atoms with Crippen LogP contribution >= 0.6 is 11.8 Å². The van der Waals surface area contributed by atoms with Crippen molar-refractivity contribution in [2.24, 2.45) is 0 Å². The van der Waals surface area contributed by atoms with Crippen LogP contribution < -0.4 is 19.7 Å².